The van der Waals surface area contributed by atoms with Crippen LogP contribution < -0.4 is 37.6 Å². The maximum Gasteiger partial charge on any atom is 0.490 e. The fourth-order valence-corrected chi connectivity index (χ4v) is 12.1. The van der Waals surface area contributed by atoms with E-state index in [-0.39, 0.29) is 24.7 Å². The second-order valence-electron chi connectivity index (χ2n) is 26.9. The number of aliphatic carboxylic acids is 1. The fraction of sp³-hybridized carbons (Fsp3) is 0.676. The van der Waals surface area contributed by atoms with Crippen molar-refractivity contribution in [1.82, 2.24) is 31.9 Å². The molecule has 548 valence electrons. The molecule has 98 heavy (non-hydrogen) atoms. The van der Waals surface area contributed by atoms with Crippen LogP contribution in [0.15, 0.2) is 42.5 Å². The standard InChI is InChI=1S/C69H105N7O15.C2HF3O2/c1-12-39(6)51(36-53(79)52(27-28-57(70)83)71-64(86)49(37-77)34-55(81)58(40(7)13-2)72-63(85)46(16-5)32-45-25-26-47-23-19-20-24-48(47)33-45)66(88)73-59(41(8)14-3)56(82)35-50(38-78)65(87)74-61-44(11)91-67(89)60(42(9)15-4)75-68(90)69(29-21-17-18-22-30-69)76-62(84)43(10)31-54(61)80;3-2(4,5)1(6)7/h19-20,23-26,33,39-44,46,49-52,58-61,77-78H,12-18,21-22,27-32,34-38H2,1-11H3,(H2,70,83)(H,71,86)(H,72,85)(H,73,88)(H,74,87)(H,75,90)(H,76,84);(H,6,7)/t39-,40-,41-,42-,43+,44-,46+,49-,50-,51+,52+,58-,59-,60-,61+;/m0./s1. The van der Waals surface area contributed by atoms with Gasteiger partial charge in [0.2, 0.25) is 41.4 Å². The van der Waals surface area contributed by atoms with Crippen LogP contribution in [-0.4, -0.2) is 153 Å². The molecule has 15 atom stereocenters. The third kappa shape index (κ3) is 25.2. The number of benzene rings is 2. The predicted molar refractivity (Wildman–Crippen MR) is 357 cm³/mol. The quantitative estimate of drug-likeness (QED) is 0.0347. The molecule has 0 unspecified atom stereocenters. The molecule has 24 nitrogen and oxygen atoms in total. The van der Waals surface area contributed by atoms with Gasteiger partial charge in [-0.3, -0.25) is 52.7 Å². The lowest BCUT2D eigenvalue weighted by molar-refractivity contribution is -0.192. The number of esters is 1. The van der Waals surface area contributed by atoms with Crippen molar-refractivity contribution >= 4 is 87.2 Å². The second kappa shape index (κ2) is 40.4. The number of aliphatic hydroxyl groups excluding tert-OH is 2. The fourth-order valence-electron chi connectivity index (χ4n) is 12.1. The van der Waals surface area contributed by atoms with E-state index in [1.807, 2.05) is 63.2 Å². The number of rotatable bonds is 33. The van der Waals surface area contributed by atoms with Gasteiger partial charge < -0.3 is 57.7 Å². The molecule has 27 heteroatoms. The first-order chi connectivity index (χ1) is 46.1. The average Bonchev–Trinajstić information content (AvgIpc) is 1.42. The van der Waals surface area contributed by atoms with Gasteiger partial charge in [-0.2, -0.15) is 13.2 Å². The van der Waals surface area contributed by atoms with Crippen LogP contribution in [-0.2, 0) is 73.5 Å². The summed E-state index contributed by atoms with van der Waals surface area (Å²) in [6.45, 7) is 17.3. The second-order valence-corrected chi connectivity index (χ2v) is 26.9. The predicted octanol–water partition coefficient (Wildman–Crippen LogP) is 6.38. The molecule has 1 aliphatic carbocycles. The van der Waals surface area contributed by atoms with E-state index in [0.29, 0.717) is 64.2 Å². The highest BCUT2D eigenvalue weighted by molar-refractivity contribution is 6.00. The largest absolute Gasteiger partial charge is 0.490 e. The third-order valence-corrected chi connectivity index (χ3v) is 19.5. The molecule has 2 aromatic rings. The Labute approximate surface area is 572 Å². The number of nitrogens with one attached hydrogen (secondary N) is 6. The summed E-state index contributed by atoms with van der Waals surface area (Å²) in [5.74, 6) is -18.3. The van der Waals surface area contributed by atoms with Crippen molar-refractivity contribution in [2.75, 3.05) is 13.2 Å². The van der Waals surface area contributed by atoms with Crippen molar-refractivity contribution in [2.24, 2.45) is 59.0 Å². The van der Waals surface area contributed by atoms with Gasteiger partial charge in [0.15, 0.2) is 23.1 Å². The molecule has 0 aromatic heterocycles. The summed E-state index contributed by atoms with van der Waals surface area (Å²) in [5, 5.41) is 47.2. The summed E-state index contributed by atoms with van der Waals surface area (Å²) in [4.78, 5) is 177. The van der Waals surface area contributed by atoms with Crippen LogP contribution in [0.3, 0.4) is 0 Å². The highest BCUT2D eigenvalue weighted by atomic mass is 19.4. The normalized spacial score (nSPS) is 21.1. The highest BCUT2D eigenvalue weighted by Gasteiger charge is 2.46. The van der Waals surface area contributed by atoms with Gasteiger partial charge in [-0.1, -0.05) is 163 Å². The summed E-state index contributed by atoms with van der Waals surface area (Å²) in [5.41, 5.74) is 5.14. The van der Waals surface area contributed by atoms with Crippen molar-refractivity contribution < 1.29 is 95.6 Å². The lowest BCUT2D eigenvalue weighted by atomic mass is 9.83. The number of fused-ring (bicyclic) bond motifs is 1. The molecular formula is C71H106F3N7O17. The van der Waals surface area contributed by atoms with Crippen molar-refractivity contribution in [3.8, 4) is 0 Å². The minimum atomic E-state index is -5.08. The molecule has 1 heterocycles. The van der Waals surface area contributed by atoms with Gasteiger partial charge in [0.1, 0.15) is 23.7 Å². The van der Waals surface area contributed by atoms with E-state index in [9.17, 15) is 80.9 Å². The van der Waals surface area contributed by atoms with E-state index in [4.69, 9.17) is 20.4 Å². The minimum absolute atomic E-state index is 0.292. The number of hydrogen-bond acceptors (Lipinski definition) is 16. The van der Waals surface area contributed by atoms with E-state index in [2.05, 4.69) is 31.9 Å². The summed E-state index contributed by atoms with van der Waals surface area (Å²) in [6.07, 6.45) is -3.01. The molecule has 2 aromatic carbocycles. The number of hydrogen-bond donors (Lipinski definition) is 10. The van der Waals surface area contributed by atoms with Gasteiger partial charge in [-0.25, -0.2) is 9.59 Å². The number of amides is 7. The van der Waals surface area contributed by atoms with E-state index < -0.39 is 205 Å². The zero-order valence-electron chi connectivity index (χ0n) is 58.6. The first-order valence-corrected chi connectivity index (χ1v) is 34.5. The number of primary amides is 1. The van der Waals surface area contributed by atoms with E-state index in [1.165, 1.54) is 13.8 Å². The van der Waals surface area contributed by atoms with Crippen LogP contribution in [0, 0.1) is 53.3 Å². The Hall–Kier alpha value is -7.68. The van der Waals surface area contributed by atoms with E-state index >= 15 is 0 Å². The number of nitrogens with two attached hydrogens (primary N) is 1. The SMILES string of the molecule is CC[C@H](Cc1ccc2ccccc2c1)C(=O)N[C@H](C(=O)C[C@@H](CO)C(=O)N[C@H](CCC(N)=O)C(=O)C[C@@H](C(=O)N[C@H](C(=O)C[C@@H](CO)C(=O)N[C@H]1C(=O)C[C@@H](C)C(=O)NC2(CCCCCC2)C(=O)N[C@@H]([C@@H](C)CC)C(=O)O[C@H]1C)[C@@H](C)CC)[C@@H](C)CC)[C@@H](C)CC.O=C(O)C(F)(F)F. The first kappa shape index (κ1) is 84.5. The number of Topliss-reactive ketones (excluding diaryl/α,β-unsaturated/α-hetero) is 4. The Morgan fingerprint density at radius 1 is 0.663 bits per heavy atom. The average molecular weight is 1390 g/mol. The molecule has 1 saturated carbocycles. The van der Waals surface area contributed by atoms with Crippen molar-refractivity contribution in [3.63, 3.8) is 0 Å². The van der Waals surface area contributed by atoms with Crippen molar-refractivity contribution in [3.05, 3.63) is 48.0 Å². The number of carbonyl (C=O) groups excluding carboxylic acids is 12. The van der Waals surface area contributed by atoms with Crippen molar-refractivity contribution in [1.29, 1.82) is 0 Å². The first-order valence-electron chi connectivity index (χ1n) is 34.5. The Morgan fingerprint density at radius 3 is 1.68 bits per heavy atom. The Kier molecular flexibility index (Phi) is 34.9. The lowest BCUT2D eigenvalue weighted by Crippen LogP contribution is -2.62. The zero-order valence-corrected chi connectivity index (χ0v) is 58.6. The molecule has 2 fully saturated rings. The van der Waals surface area contributed by atoms with Gasteiger partial charge >= 0.3 is 18.1 Å². The van der Waals surface area contributed by atoms with Crippen LogP contribution in [0.25, 0.3) is 10.8 Å². The Morgan fingerprint density at radius 2 is 1.18 bits per heavy atom. The molecule has 1 aliphatic heterocycles. The number of cyclic esters (lactones) is 1. The minimum Gasteiger partial charge on any atom is -0.475 e. The molecule has 1 saturated heterocycles. The number of carboxylic acid groups (broad SMARTS) is 1. The summed E-state index contributed by atoms with van der Waals surface area (Å²) in [6, 6.07) is 7.42. The van der Waals surface area contributed by atoms with Crippen molar-refractivity contribution in [2.45, 2.75) is 240 Å². The number of aliphatic hydroxyl groups is 2. The summed E-state index contributed by atoms with van der Waals surface area (Å²) >= 11 is 0. The number of halogens is 3. The van der Waals surface area contributed by atoms with Crippen LogP contribution in [0.1, 0.15) is 191 Å². The van der Waals surface area contributed by atoms with Gasteiger partial charge in [-0.15, -0.1) is 0 Å². The molecule has 2 aliphatic rings. The lowest BCUT2D eigenvalue weighted by Gasteiger charge is -2.35. The van der Waals surface area contributed by atoms with Crippen LogP contribution in [0.4, 0.5) is 13.2 Å². The van der Waals surface area contributed by atoms with E-state index in [0.717, 1.165) is 29.2 Å². The monoisotopic (exact) mass is 1390 g/mol. The zero-order chi connectivity index (χ0) is 73.9. The Bertz CT molecular complexity index is 3080. The molecule has 4 rings (SSSR count). The maximum atomic E-state index is 14.6. The molecule has 11 N–H and O–H groups in total. The molecule has 7 amide bonds. The smallest absolute Gasteiger partial charge is 0.475 e. The number of carbonyl (C=O) groups is 13. The number of ether oxygens (including phenoxy) is 1. The number of carboxylic acids is 1. The Balaban J connectivity index is 0.00000337. The highest BCUT2D eigenvalue weighted by Crippen LogP contribution is 2.31. The van der Waals surface area contributed by atoms with Crippen LogP contribution in [0.5, 0.6) is 0 Å². The summed E-state index contributed by atoms with van der Waals surface area (Å²) < 4.78 is 37.6. The van der Waals surface area contributed by atoms with Crippen LogP contribution >= 0.6 is 0 Å². The third-order valence-electron chi connectivity index (χ3n) is 19.5. The van der Waals surface area contributed by atoms with Crippen LogP contribution in [0.2, 0.25) is 0 Å². The number of ketones is 4. The number of alkyl halides is 3. The van der Waals surface area contributed by atoms with Gasteiger partial charge in [0.25, 0.3) is 0 Å². The van der Waals surface area contributed by atoms with Gasteiger partial charge in [-0.05, 0) is 79.0 Å². The van der Waals surface area contributed by atoms with E-state index in [1.54, 1.807) is 41.5 Å². The molecule has 0 bridgehead atoms. The van der Waals surface area contributed by atoms with Gasteiger partial charge in [0.05, 0.1) is 43.2 Å². The molecule has 0 radical (unpaired) electrons. The maximum absolute atomic E-state index is 14.6. The molecular weight excluding hydrogens is 1280 g/mol. The molecule has 1 spiro atoms. The van der Waals surface area contributed by atoms with Gasteiger partial charge in [0, 0.05) is 49.9 Å². The summed E-state index contributed by atoms with van der Waals surface area (Å²) in [7, 11) is 0. The topological polar surface area (TPSA) is 390 Å².